The molecule has 0 atom stereocenters. The predicted molar refractivity (Wildman–Crippen MR) is 56.7 cm³/mol. The lowest BCUT2D eigenvalue weighted by Crippen LogP contribution is -1.95. The molecule has 0 aliphatic heterocycles. The number of nitrogens with two attached hydrogens (primary N) is 1. The average Bonchev–Trinajstić information content (AvgIpc) is 2.12. The van der Waals surface area contributed by atoms with Crippen molar-refractivity contribution in [3.8, 4) is 11.8 Å². The smallest absolute Gasteiger partial charge is 0.0436 e. The molecule has 0 radical (unpaired) electrons. The summed E-state index contributed by atoms with van der Waals surface area (Å²) in [5.41, 5.74) is 7.38. The van der Waals surface area contributed by atoms with Crippen LogP contribution in [0.15, 0.2) is 18.2 Å². The summed E-state index contributed by atoms with van der Waals surface area (Å²) in [6, 6.07) is 5.76. The van der Waals surface area contributed by atoms with Crippen LogP contribution in [0.25, 0.3) is 0 Å². The second kappa shape index (κ2) is 4.91. The van der Waals surface area contributed by atoms with Crippen LogP contribution in [-0.2, 0) is 0 Å². The first-order valence-corrected chi connectivity index (χ1v) is 4.57. The summed E-state index contributed by atoms with van der Waals surface area (Å²) in [6.07, 6.45) is 0.738. The fraction of sp³-hybridized carbons (Fsp3) is 0.273. The summed E-state index contributed by atoms with van der Waals surface area (Å²) in [5.74, 6) is 6.00. The van der Waals surface area contributed by atoms with Crippen molar-refractivity contribution in [1.82, 2.24) is 0 Å². The van der Waals surface area contributed by atoms with Crippen LogP contribution in [0.1, 0.15) is 17.5 Å². The van der Waals surface area contributed by atoms with Crippen molar-refractivity contribution in [3.05, 3.63) is 34.3 Å². The van der Waals surface area contributed by atoms with Crippen LogP contribution in [0.5, 0.6) is 0 Å². The van der Waals surface area contributed by atoms with Crippen LogP contribution < -0.4 is 5.73 Å². The van der Waals surface area contributed by atoms with E-state index in [-0.39, 0.29) is 0 Å². The Morgan fingerprint density at radius 2 is 2.23 bits per heavy atom. The number of aryl methyl sites for hydroxylation is 1. The Hall–Kier alpha value is -0.970. The normalized spacial score (nSPS) is 9.15. The van der Waals surface area contributed by atoms with Gasteiger partial charge in [-0.2, -0.15) is 0 Å². The lowest BCUT2D eigenvalue weighted by molar-refractivity contribution is 1.03. The first-order valence-electron chi connectivity index (χ1n) is 4.19. The highest BCUT2D eigenvalue weighted by molar-refractivity contribution is 6.31. The molecule has 0 aliphatic rings. The standard InChI is InChI=1S/C11H12ClN/c1-9-8-10(4-2-3-7-13)5-6-11(9)12/h5-6,8H,3,7,13H2,1H3. The molecule has 0 unspecified atom stereocenters. The van der Waals surface area contributed by atoms with E-state index >= 15 is 0 Å². The third-order valence-electron chi connectivity index (χ3n) is 1.66. The summed E-state index contributed by atoms with van der Waals surface area (Å²) < 4.78 is 0. The van der Waals surface area contributed by atoms with Gasteiger partial charge in [-0.25, -0.2) is 0 Å². The maximum absolute atomic E-state index is 5.87. The summed E-state index contributed by atoms with van der Waals surface area (Å²) in [6.45, 7) is 2.58. The predicted octanol–water partition coefficient (Wildman–Crippen LogP) is 2.35. The van der Waals surface area contributed by atoms with Crippen molar-refractivity contribution < 1.29 is 0 Å². The van der Waals surface area contributed by atoms with Gasteiger partial charge in [0.25, 0.3) is 0 Å². The first kappa shape index (κ1) is 10.1. The van der Waals surface area contributed by atoms with E-state index in [1.165, 1.54) is 0 Å². The van der Waals surface area contributed by atoms with Crippen molar-refractivity contribution in [2.75, 3.05) is 6.54 Å². The van der Waals surface area contributed by atoms with Gasteiger partial charge in [0.05, 0.1) is 0 Å². The van der Waals surface area contributed by atoms with E-state index in [9.17, 15) is 0 Å². The van der Waals surface area contributed by atoms with Gasteiger partial charge in [0, 0.05) is 23.6 Å². The minimum atomic E-state index is 0.611. The lowest BCUT2D eigenvalue weighted by Gasteiger charge is -1.96. The summed E-state index contributed by atoms with van der Waals surface area (Å²) >= 11 is 5.87. The molecule has 68 valence electrons. The Labute approximate surface area is 83.9 Å². The van der Waals surface area contributed by atoms with Crippen molar-refractivity contribution >= 4 is 11.6 Å². The first-order chi connectivity index (χ1) is 6.24. The topological polar surface area (TPSA) is 26.0 Å². The average molecular weight is 194 g/mol. The van der Waals surface area contributed by atoms with Crippen molar-refractivity contribution in [1.29, 1.82) is 0 Å². The third-order valence-corrected chi connectivity index (χ3v) is 2.08. The lowest BCUT2D eigenvalue weighted by atomic mass is 10.1. The van der Waals surface area contributed by atoms with Crippen LogP contribution in [0.4, 0.5) is 0 Å². The largest absolute Gasteiger partial charge is 0.330 e. The number of hydrogen-bond donors (Lipinski definition) is 1. The Morgan fingerprint density at radius 1 is 1.46 bits per heavy atom. The molecule has 0 fully saturated rings. The van der Waals surface area contributed by atoms with Crippen LogP contribution in [0, 0.1) is 18.8 Å². The molecule has 1 rings (SSSR count). The molecule has 2 N–H and O–H groups in total. The zero-order chi connectivity index (χ0) is 9.68. The van der Waals surface area contributed by atoms with Gasteiger partial charge in [0.2, 0.25) is 0 Å². The van der Waals surface area contributed by atoms with Gasteiger partial charge in [-0.1, -0.05) is 23.4 Å². The molecule has 1 nitrogen and oxygen atoms in total. The molecule has 0 heterocycles. The minimum Gasteiger partial charge on any atom is -0.330 e. The summed E-state index contributed by atoms with van der Waals surface area (Å²) in [5, 5.41) is 0.782. The van der Waals surface area contributed by atoms with Gasteiger partial charge in [-0.15, -0.1) is 0 Å². The second-order valence-corrected chi connectivity index (χ2v) is 3.21. The Kier molecular flexibility index (Phi) is 3.82. The van der Waals surface area contributed by atoms with Gasteiger partial charge >= 0.3 is 0 Å². The highest BCUT2D eigenvalue weighted by atomic mass is 35.5. The van der Waals surface area contributed by atoms with Gasteiger partial charge in [0.15, 0.2) is 0 Å². The minimum absolute atomic E-state index is 0.611. The van der Waals surface area contributed by atoms with E-state index in [1.54, 1.807) is 0 Å². The van der Waals surface area contributed by atoms with E-state index in [2.05, 4.69) is 11.8 Å². The van der Waals surface area contributed by atoms with Gasteiger partial charge < -0.3 is 5.73 Å². The molecule has 0 saturated carbocycles. The SMILES string of the molecule is Cc1cc(C#CCCN)ccc1Cl. The molecule has 0 aliphatic carbocycles. The Morgan fingerprint density at radius 3 is 2.85 bits per heavy atom. The van der Waals surface area contributed by atoms with Crippen LogP contribution >= 0.6 is 11.6 Å². The molecular formula is C11H12ClN. The molecule has 1 aromatic carbocycles. The maximum Gasteiger partial charge on any atom is 0.0436 e. The van der Waals surface area contributed by atoms with E-state index in [4.69, 9.17) is 17.3 Å². The fourth-order valence-corrected chi connectivity index (χ4v) is 1.08. The van der Waals surface area contributed by atoms with E-state index in [0.717, 1.165) is 22.6 Å². The number of hydrogen-bond acceptors (Lipinski definition) is 1. The second-order valence-electron chi connectivity index (χ2n) is 2.80. The van der Waals surface area contributed by atoms with E-state index in [0.29, 0.717) is 6.54 Å². The third kappa shape index (κ3) is 3.10. The number of benzene rings is 1. The molecule has 0 aromatic heterocycles. The number of halogens is 1. The van der Waals surface area contributed by atoms with Gasteiger partial charge in [-0.05, 0) is 30.7 Å². The van der Waals surface area contributed by atoms with Crippen molar-refractivity contribution in [3.63, 3.8) is 0 Å². The van der Waals surface area contributed by atoms with E-state index < -0.39 is 0 Å². The molecule has 0 bridgehead atoms. The van der Waals surface area contributed by atoms with Crippen molar-refractivity contribution in [2.45, 2.75) is 13.3 Å². The van der Waals surface area contributed by atoms with Crippen LogP contribution in [0.2, 0.25) is 5.02 Å². The number of rotatable bonds is 1. The zero-order valence-corrected chi connectivity index (χ0v) is 8.36. The Bertz CT molecular complexity index is 347. The molecule has 2 heteroatoms. The molecular weight excluding hydrogens is 182 g/mol. The zero-order valence-electron chi connectivity index (χ0n) is 7.60. The highest BCUT2D eigenvalue weighted by Crippen LogP contribution is 2.15. The monoisotopic (exact) mass is 193 g/mol. The summed E-state index contributed by atoms with van der Waals surface area (Å²) in [7, 11) is 0. The molecule has 1 aromatic rings. The van der Waals surface area contributed by atoms with Crippen molar-refractivity contribution in [2.24, 2.45) is 5.73 Å². The fourth-order valence-electron chi connectivity index (χ4n) is 0.959. The van der Waals surface area contributed by atoms with E-state index in [1.807, 2.05) is 25.1 Å². The Balaban J connectivity index is 2.81. The highest BCUT2D eigenvalue weighted by Gasteiger charge is 1.93. The quantitative estimate of drug-likeness (QED) is 0.681. The molecule has 0 saturated heterocycles. The van der Waals surface area contributed by atoms with Crippen LogP contribution in [0.3, 0.4) is 0 Å². The molecule has 13 heavy (non-hydrogen) atoms. The molecule has 0 amide bonds. The summed E-state index contributed by atoms with van der Waals surface area (Å²) in [4.78, 5) is 0. The molecule has 0 spiro atoms. The van der Waals surface area contributed by atoms with Gasteiger partial charge in [0.1, 0.15) is 0 Å². The van der Waals surface area contributed by atoms with Gasteiger partial charge in [-0.3, -0.25) is 0 Å². The van der Waals surface area contributed by atoms with Crippen LogP contribution in [-0.4, -0.2) is 6.54 Å². The maximum atomic E-state index is 5.87.